The molecule has 0 saturated carbocycles. The number of aromatic amines is 1. The number of hydrogen-bond acceptors (Lipinski definition) is 7. The highest BCUT2D eigenvalue weighted by Gasteiger charge is 2.29. The summed E-state index contributed by atoms with van der Waals surface area (Å²) in [4.78, 5) is 28.2. The van der Waals surface area contributed by atoms with E-state index in [0.29, 0.717) is 30.3 Å². The van der Waals surface area contributed by atoms with Crippen molar-refractivity contribution in [1.82, 2.24) is 34.7 Å². The summed E-state index contributed by atoms with van der Waals surface area (Å²) in [5.74, 6) is -0.0921. The number of carbonyl (C=O) groups excluding carboxylic acids is 2. The Balaban J connectivity index is 1.38. The maximum absolute atomic E-state index is 13.5. The molecule has 0 atom stereocenters. The molecular formula is C26H25Br2N7O4. The van der Waals surface area contributed by atoms with Gasteiger partial charge >= 0.3 is 0 Å². The number of rotatable bonds is 8. The van der Waals surface area contributed by atoms with Crippen LogP contribution in [0.1, 0.15) is 61.1 Å². The molecule has 0 radical (unpaired) electrons. The van der Waals surface area contributed by atoms with Crippen LogP contribution in [0.5, 0.6) is 0 Å². The lowest BCUT2D eigenvalue weighted by Crippen LogP contribution is -2.36. The Morgan fingerprint density at radius 1 is 0.821 bits per heavy atom. The highest BCUT2D eigenvalue weighted by molar-refractivity contribution is 9.10. The summed E-state index contributed by atoms with van der Waals surface area (Å²) in [6.07, 6.45) is 1.55. The van der Waals surface area contributed by atoms with Crippen LogP contribution in [0.15, 0.2) is 54.3 Å². The lowest BCUT2D eigenvalue weighted by Gasteiger charge is -2.18. The molecule has 0 saturated heterocycles. The van der Waals surface area contributed by atoms with Crippen LogP contribution in [0, 0.1) is 27.7 Å². The molecule has 0 aliphatic heterocycles. The van der Waals surface area contributed by atoms with Crippen molar-refractivity contribution in [1.29, 1.82) is 0 Å². The highest BCUT2D eigenvalue weighted by atomic mass is 79.9. The van der Waals surface area contributed by atoms with Crippen LogP contribution in [-0.4, -0.2) is 46.5 Å². The zero-order chi connectivity index (χ0) is 27.8. The van der Waals surface area contributed by atoms with E-state index in [2.05, 4.69) is 52.3 Å². The number of nitrogens with one attached hydrogen (secondary N) is 1. The Morgan fingerprint density at radius 3 is 1.69 bits per heavy atom. The van der Waals surface area contributed by atoms with Gasteiger partial charge in [0.2, 0.25) is 0 Å². The van der Waals surface area contributed by atoms with Gasteiger partial charge in [-0.25, -0.2) is 0 Å². The number of furan rings is 2. The Labute approximate surface area is 240 Å². The zero-order valence-electron chi connectivity index (χ0n) is 21.7. The van der Waals surface area contributed by atoms with Crippen LogP contribution in [0.4, 0.5) is 0 Å². The fourth-order valence-electron chi connectivity index (χ4n) is 4.15. The van der Waals surface area contributed by atoms with Crippen molar-refractivity contribution in [2.24, 2.45) is 0 Å². The molecule has 0 aliphatic carbocycles. The molecule has 0 spiro atoms. The first-order valence-corrected chi connectivity index (χ1v) is 13.6. The molecule has 0 aliphatic rings. The average molecular weight is 659 g/mol. The van der Waals surface area contributed by atoms with E-state index < -0.39 is 11.8 Å². The molecule has 39 heavy (non-hydrogen) atoms. The normalized spacial score (nSPS) is 11.3. The van der Waals surface area contributed by atoms with E-state index >= 15 is 0 Å². The molecule has 2 amide bonds. The largest absolute Gasteiger partial charge is 0.454 e. The van der Waals surface area contributed by atoms with Gasteiger partial charge in [-0.15, -0.1) is 0 Å². The van der Waals surface area contributed by atoms with E-state index in [9.17, 15) is 9.59 Å². The topological polar surface area (TPSA) is 128 Å². The molecule has 5 aromatic heterocycles. The molecule has 5 heterocycles. The van der Waals surface area contributed by atoms with Crippen molar-refractivity contribution >= 4 is 43.7 Å². The van der Waals surface area contributed by atoms with Crippen LogP contribution in [0.25, 0.3) is 0 Å². The molecule has 13 heteroatoms. The molecule has 11 nitrogen and oxygen atoms in total. The minimum atomic E-state index is -0.601. The van der Waals surface area contributed by atoms with E-state index in [1.807, 2.05) is 27.7 Å². The Hall–Kier alpha value is -3.71. The molecule has 0 aromatic carbocycles. The van der Waals surface area contributed by atoms with Crippen LogP contribution in [0.3, 0.4) is 0 Å². The van der Waals surface area contributed by atoms with Gasteiger partial charge in [0.15, 0.2) is 11.5 Å². The maximum atomic E-state index is 13.5. The first-order chi connectivity index (χ1) is 18.6. The predicted molar refractivity (Wildman–Crippen MR) is 147 cm³/mol. The first kappa shape index (κ1) is 26.9. The lowest BCUT2D eigenvalue weighted by atomic mass is 10.3. The summed E-state index contributed by atoms with van der Waals surface area (Å²) < 4.78 is 17.1. The molecule has 1 N–H and O–H groups in total. The predicted octanol–water partition coefficient (Wildman–Crippen LogP) is 5.33. The van der Waals surface area contributed by atoms with Crippen LogP contribution in [0.2, 0.25) is 0 Å². The minimum Gasteiger partial charge on any atom is -0.454 e. The monoisotopic (exact) mass is 657 g/mol. The summed E-state index contributed by atoms with van der Waals surface area (Å²) in [6, 6.07) is 8.21. The summed E-state index contributed by atoms with van der Waals surface area (Å²) in [5.41, 5.74) is 4.17. The van der Waals surface area contributed by atoms with E-state index in [4.69, 9.17) is 8.83 Å². The second-order valence-corrected chi connectivity index (χ2v) is 10.7. The van der Waals surface area contributed by atoms with Crippen molar-refractivity contribution in [3.05, 3.63) is 97.0 Å². The van der Waals surface area contributed by atoms with Gasteiger partial charge < -0.3 is 8.83 Å². The van der Waals surface area contributed by atoms with E-state index in [0.717, 1.165) is 36.6 Å². The fourth-order valence-corrected chi connectivity index (χ4v) is 4.72. The van der Waals surface area contributed by atoms with Gasteiger partial charge in [0.1, 0.15) is 11.5 Å². The van der Waals surface area contributed by atoms with Crippen molar-refractivity contribution in [3.63, 3.8) is 0 Å². The number of aryl methyl sites for hydroxylation is 2. The Kier molecular flexibility index (Phi) is 7.45. The Morgan fingerprint density at radius 2 is 1.31 bits per heavy atom. The third-order valence-corrected chi connectivity index (χ3v) is 8.61. The van der Waals surface area contributed by atoms with Gasteiger partial charge in [-0.1, -0.05) is 0 Å². The van der Waals surface area contributed by atoms with E-state index in [1.165, 1.54) is 0 Å². The summed E-state index contributed by atoms with van der Waals surface area (Å²) in [5, 5.41) is 15.7. The molecule has 0 unspecified atom stereocenters. The molecule has 202 valence electrons. The third kappa shape index (κ3) is 5.41. The number of hydrogen-bond donors (Lipinski definition) is 1. The summed E-state index contributed by atoms with van der Waals surface area (Å²) in [6.45, 7) is 8.32. The number of amides is 2. The summed E-state index contributed by atoms with van der Waals surface area (Å²) >= 11 is 7.04. The molecule has 5 rings (SSSR count). The zero-order valence-corrected chi connectivity index (χ0v) is 24.8. The number of halogens is 2. The second kappa shape index (κ2) is 10.8. The van der Waals surface area contributed by atoms with Crippen molar-refractivity contribution in [3.8, 4) is 0 Å². The van der Waals surface area contributed by atoms with Crippen LogP contribution >= 0.6 is 31.9 Å². The number of H-pyrrole nitrogens is 1. The fraction of sp³-hybridized carbons (Fsp3) is 0.269. The van der Waals surface area contributed by atoms with Crippen molar-refractivity contribution in [2.45, 2.75) is 47.3 Å². The minimum absolute atomic E-state index is 0.0257. The number of aromatic nitrogens is 6. The maximum Gasteiger partial charge on any atom is 0.296 e. The van der Waals surface area contributed by atoms with Gasteiger partial charge in [-0.05, 0) is 89.9 Å². The SMILES string of the molecule is Cc1nn(Cc2ccc(C(=O)N(Cc3ccn[nH]3)C(=O)c3ccc(Cn4nc(C)c(Br)c4C)o3)o2)c(C)c1Br. The van der Waals surface area contributed by atoms with Gasteiger partial charge in [-0.3, -0.25) is 29.0 Å². The molecular weight excluding hydrogens is 634 g/mol. The van der Waals surface area contributed by atoms with Gasteiger partial charge in [0.25, 0.3) is 11.8 Å². The smallest absolute Gasteiger partial charge is 0.296 e. The van der Waals surface area contributed by atoms with Gasteiger partial charge in [-0.2, -0.15) is 15.3 Å². The molecule has 5 aromatic rings. The number of imide groups is 1. The Bertz CT molecular complexity index is 1550. The second-order valence-electron chi connectivity index (χ2n) is 9.10. The third-order valence-electron chi connectivity index (χ3n) is 6.32. The molecule has 0 fully saturated rings. The van der Waals surface area contributed by atoms with E-state index in [-0.39, 0.29) is 18.1 Å². The van der Waals surface area contributed by atoms with Crippen LogP contribution < -0.4 is 0 Å². The van der Waals surface area contributed by atoms with Crippen molar-refractivity contribution in [2.75, 3.05) is 0 Å². The van der Waals surface area contributed by atoms with Crippen molar-refractivity contribution < 1.29 is 18.4 Å². The molecule has 0 bridgehead atoms. The average Bonchev–Trinajstić information content (AvgIpc) is 3.75. The number of nitrogens with zero attached hydrogens (tertiary/aromatic N) is 6. The quantitative estimate of drug-likeness (QED) is 0.223. The van der Waals surface area contributed by atoms with Crippen LogP contribution in [-0.2, 0) is 19.6 Å². The lowest BCUT2D eigenvalue weighted by molar-refractivity contribution is 0.0560. The van der Waals surface area contributed by atoms with Gasteiger partial charge in [0.05, 0.1) is 57.0 Å². The van der Waals surface area contributed by atoms with E-state index in [1.54, 1.807) is 45.9 Å². The highest BCUT2D eigenvalue weighted by Crippen LogP contribution is 2.24. The summed E-state index contributed by atoms with van der Waals surface area (Å²) in [7, 11) is 0. The number of carbonyl (C=O) groups is 2. The van der Waals surface area contributed by atoms with Gasteiger partial charge in [0, 0.05) is 6.20 Å². The standard InChI is InChI=1S/C26H25Br2N7O4/c1-14-23(27)16(3)34(31-14)12-19-5-7-21(38-19)25(36)33(11-18-9-10-29-30-18)26(37)22-8-6-20(39-22)13-35-17(4)24(28)15(2)32-35/h5-10H,11-13H2,1-4H3,(H,29,30). The first-order valence-electron chi connectivity index (χ1n) is 12.0.